The molecular weight excluding hydrogens is 442 g/mol. The summed E-state index contributed by atoms with van der Waals surface area (Å²) in [5.41, 5.74) is 6.24. The van der Waals surface area contributed by atoms with Gasteiger partial charge in [0.25, 0.3) is 0 Å². The number of rotatable bonds is 7. The van der Waals surface area contributed by atoms with E-state index in [1.165, 1.54) is 6.20 Å². The molecule has 0 aliphatic carbocycles. The molecule has 1 aliphatic heterocycles. The predicted molar refractivity (Wildman–Crippen MR) is 135 cm³/mol. The molecule has 3 aromatic rings. The first-order chi connectivity index (χ1) is 16.9. The molecule has 7 nitrogen and oxygen atoms in total. The Morgan fingerprint density at radius 3 is 2.40 bits per heavy atom. The number of nitrogens with zero attached hydrogens (tertiary/aromatic N) is 3. The van der Waals surface area contributed by atoms with E-state index in [-0.39, 0.29) is 11.8 Å². The third kappa shape index (κ3) is 5.45. The first-order valence-electron chi connectivity index (χ1n) is 11.9. The zero-order valence-electron chi connectivity index (χ0n) is 20.1. The summed E-state index contributed by atoms with van der Waals surface area (Å²) in [6, 6.07) is 20.0. The van der Waals surface area contributed by atoms with Crippen LogP contribution in [0.3, 0.4) is 0 Å². The van der Waals surface area contributed by atoms with Gasteiger partial charge in [0.15, 0.2) is 11.9 Å². The zero-order chi connectivity index (χ0) is 24.9. The van der Waals surface area contributed by atoms with Crippen LogP contribution >= 0.6 is 0 Å². The van der Waals surface area contributed by atoms with E-state index < -0.39 is 5.97 Å². The van der Waals surface area contributed by atoms with Gasteiger partial charge < -0.3 is 20.4 Å². The maximum Gasteiger partial charge on any atom is 0.306 e. The Kier molecular flexibility index (Phi) is 7.34. The van der Waals surface area contributed by atoms with Gasteiger partial charge in [-0.25, -0.2) is 0 Å². The molecule has 0 unspecified atom stereocenters. The molecule has 1 aliphatic rings. The number of oxime groups is 1. The Morgan fingerprint density at radius 1 is 1.11 bits per heavy atom. The number of aliphatic carboxylic acids is 1. The van der Waals surface area contributed by atoms with Gasteiger partial charge in [0.2, 0.25) is 0 Å². The molecule has 0 radical (unpaired) electrons. The summed E-state index contributed by atoms with van der Waals surface area (Å²) in [6.45, 7) is 5.26. The van der Waals surface area contributed by atoms with Crippen LogP contribution in [0.2, 0.25) is 0 Å². The topological polar surface area (TPSA) is 100 Å². The molecular formula is C28H31N3O4. The van der Waals surface area contributed by atoms with Gasteiger partial charge in [-0.2, -0.15) is 4.73 Å². The summed E-state index contributed by atoms with van der Waals surface area (Å²) in [7, 11) is 0. The van der Waals surface area contributed by atoms with Crippen molar-refractivity contribution in [2.45, 2.75) is 39.0 Å². The van der Waals surface area contributed by atoms with Crippen molar-refractivity contribution >= 4 is 17.4 Å². The highest BCUT2D eigenvalue weighted by Crippen LogP contribution is 2.33. The number of hydrogen-bond donors (Lipinski definition) is 2. The van der Waals surface area contributed by atoms with Gasteiger partial charge in [0, 0.05) is 55.7 Å². The molecule has 1 aromatic heterocycles. The van der Waals surface area contributed by atoms with E-state index in [9.17, 15) is 20.3 Å². The summed E-state index contributed by atoms with van der Waals surface area (Å²) in [5.74, 6) is -1.01. The molecule has 0 spiro atoms. The van der Waals surface area contributed by atoms with Gasteiger partial charge in [0.05, 0.1) is 11.6 Å². The molecule has 1 fully saturated rings. The van der Waals surface area contributed by atoms with E-state index in [1.807, 2.05) is 12.1 Å². The Morgan fingerprint density at radius 2 is 1.80 bits per heavy atom. The molecule has 2 aromatic carbocycles. The Hall–Kier alpha value is -3.87. The number of benzene rings is 2. The summed E-state index contributed by atoms with van der Waals surface area (Å²) in [4.78, 5) is 13.5. The molecule has 2 N–H and O–H groups in total. The molecule has 0 saturated carbocycles. The maximum atomic E-state index is 11.8. The highest BCUT2D eigenvalue weighted by atomic mass is 16.5. The highest BCUT2D eigenvalue weighted by Gasteiger charge is 2.25. The number of anilines is 1. The molecule has 0 bridgehead atoms. The van der Waals surface area contributed by atoms with Crippen LogP contribution in [0, 0.1) is 25.0 Å². The van der Waals surface area contributed by atoms with Crippen molar-refractivity contribution in [2.24, 2.45) is 11.1 Å². The third-order valence-electron chi connectivity index (χ3n) is 7.02. The number of aromatic nitrogens is 1. The third-order valence-corrected chi connectivity index (χ3v) is 7.02. The van der Waals surface area contributed by atoms with E-state index in [1.54, 1.807) is 19.1 Å². The van der Waals surface area contributed by atoms with Gasteiger partial charge in [0.1, 0.15) is 0 Å². The fraction of sp³-hybridized carbons (Fsp3) is 0.321. The molecule has 182 valence electrons. The monoisotopic (exact) mass is 473 g/mol. The van der Waals surface area contributed by atoms with Crippen molar-refractivity contribution < 1.29 is 19.8 Å². The molecule has 2 heterocycles. The minimum atomic E-state index is -0.707. The smallest absolute Gasteiger partial charge is 0.306 e. The average Bonchev–Trinajstić information content (AvgIpc) is 2.87. The second kappa shape index (κ2) is 10.6. The standard InChI is InChI=1S/C28H31N3O4/c1-19-5-3-4-6-25(19)26(18-27(29-34)23-13-16-31(35)20(2)17-23)21-7-9-24(10-8-21)30-14-11-22(12-15-30)28(32)33/h3-10,13,16-17,22,26,34H,11-12,14-15,18H2,1-2H3,(H,32,33)/t26-/m1/s1. The number of carbonyl (C=O) groups is 1. The van der Waals surface area contributed by atoms with Crippen molar-refractivity contribution in [3.05, 3.63) is 100 Å². The quantitative estimate of drug-likeness (QED) is 0.171. The fourth-order valence-corrected chi connectivity index (χ4v) is 4.88. The number of piperidine rings is 1. The fourth-order valence-electron chi connectivity index (χ4n) is 4.88. The number of pyridine rings is 1. The molecule has 35 heavy (non-hydrogen) atoms. The molecule has 4 rings (SSSR count). The van der Waals surface area contributed by atoms with E-state index in [2.05, 4.69) is 53.4 Å². The first-order valence-corrected chi connectivity index (χ1v) is 11.9. The van der Waals surface area contributed by atoms with E-state index in [0.29, 0.717) is 36.2 Å². The van der Waals surface area contributed by atoms with Crippen LogP contribution in [0.1, 0.15) is 53.1 Å². The number of carboxylic acids is 1. The summed E-state index contributed by atoms with van der Waals surface area (Å²) < 4.78 is 0.787. The summed E-state index contributed by atoms with van der Waals surface area (Å²) in [6.07, 6.45) is 3.20. The largest absolute Gasteiger partial charge is 0.619 e. The highest BCUT2D eigenvalue weighted by molar-refractivity contribution is 6.00. The molecule has 0 amide bonds. The van der Waals surface area contributed by atoms with E-state index in [4.69, 9.17) is 0 Å². The number of hydrogen-bond acceptors (Lipinski definition) is 5. The van der Waals surface area contributed by atoms with Crippen molar-refractivity contribution in [1.29, 1.82) is 0 Å². The first kappa shape index (κ1) is 24.3. The SMILES string of the molecule is Cc1ccccc1[C@H](CC(=NO)c1cc[n+]([O-])c(C)c1)c1ccc(N2CCC(C(=O)O)CC2)cc1. The van der Waals surface area contributed by atoms with Crippen LogP contribution in [0.4, 0.5) is 5.69 Å². The second-order valence-corrected chi connectivity index (χ2v) is 9.23. The molecule has 1 saturated heterocycles. The van der Waals surface area contributed by atoms with Crippen LogP contribution in [-0.4, -0.2) is 35.1 Å². The molecule has 7 heteroatoms. The van der Waals surface area contributed by atoms with E-state index in [0.717, 1.165) is 40.2 Å². The Bertz CT molecular complexity index is 1220. The number of carboxylic acid groups (broad SMARTS) is 1. The van der Waals surface area contributed by atoms with E-state index >= 15 is 0 Å². The van der Waals surface area contributed by atoms with Gasteiger partial charge in [-0.05, 0) is 48.6 Å². The predicted octanol–water partition coefficient (Wildman–Crippen LogP) is 4.64. The van der Waals surface area contributed by atoms with Gasteiger partial charge >= 0.3 is 5.97 Å². The normalized spacial score (nSPS) is 15.7. The summed E-state index contributed by atoms with van der Waals surface area (Å²) in [5, 5.41) is 34.5. The van der Waals surface area contributed by atoms with Crippen LogP contribution in [-0.2, 0) is 4.79 Å². The van der Waals surface area contributed by atoms with Crippen molar-refractivity contribution in [1.82, 2.24) is 0 Å². The van der Waals surface area contributed by atoms with Gasteiger partial charge in [-0.1, -0.05) is 41.6 Å². The Labute approximate surface area is 205 Å². The maximum absolute atomic E-state index is 11.8. The average molecular weight is 474 g/mol. The van der Waals surface area contributed by atoms with Gasteiger partial charge in [-0.3, -0.25) is 4.79 Å². The lowest BCUT2D eigenvalue weighted by atomic mass is 9.83. The second-order valence-electron chi connectivity index (χ2n) is 9.23. The van der Waals surface area contributed by atoms with Crippen LogP contribution in [0.25, 0.3) is 0 Å². The van der Waals surface area contributed by atoms with Crippen LogP contribution in [0.15, 0.2) is 72.0 Å². The van der Waals surface area contributed by atoms with Crippen molar-refractivity contribution in [3.63, 3.8) is 0 Å². The lowest BCUT2D eigenvalue weighted by Gasteiger charge is -2.32. The van der Waals surface area contributed by atoms with Gasteiger partial charge in [-0.15, -0.1) is 0 Å². The summed E-state index contributed by atoms with van der Waals surface area (Å²) >= 11 is 0. The Balaban J connectivity index is 1.62. The zero-order valence-corrected chi connectivity index (χ0v) is 20.1. The lowest BCUT2D eigenvalue weighted by Crippen LogP contribution is -2.36. The van der Waals surface area contributed by atoms with Crippen molar-refractivity contribution in [3.8, 4) is 0 Å². The minimum absolute atomic E-state index is 0.0474. The number of aryl methyl sites for hydroxylation is 2. The van der Waals surface area contributed by atoms with Crippen molar-refractivity contribution in [2.75, 3.05) is 18.0 Å². The molecule has 1 atom stereocenters. The minimum Gasteiger partial charge on any atom is -0.619 e. The lowest BCUT2D eigenvalue weighted by molar-refractivity contribution is -0.612. The van der Waals surface area contributed by atoms with Crippen LogP contribution < -0.4 is 9.63 Å². The van der Waals surface area contributed by atoms with Crippen LogP contribution in [0.5, 0.6) is 0 Å².